The summed E-state index contributed by atoms with van der Waals surface area (Å²) >= 11 is 4.82. The summed E-state index contributed by atoms with van der Waals surface area (Å²) < 4.78 is 47.7. The van der Waals surface area contributed by atoms with Crippen LogP contribution in [-0.4, -0.2) is 41.2 Å². The highest BCUT2D eigenvalue weighted by molar-refractivity contribution is 6.63. The molecule has 1 atom stereocenters. The molecule has 1 aliphatic heterocycles. The fourth-order valence-corrected chi connectivity index (χ4v) is 3.59. The quantitative estimate of drug-likeness (QED) is 0.359. The number of amides is 2. The van der Waals surface area contributed by atoms with E-state index >= 15 is 0 Å². The van der Waals surface area contributed by atoms with Gasteiger partial charge >= 0.3 is 6.36 Å². The minimum atomic E-state index is -4.88. The van der Waals surface area contributed by atoms with Crippen LogP contribution in [0.25, 0.3) is 0 Å². The molecule has 0 spiro atoms. The van der Waals surface area contributed by atoms with E-state index < -0.39 is 12.1 Å². The lowest BCUT2D eigenvalue weighted by Gasteiger charge is -2.29. The summed E-state index contributed by atoms with van der Waals surface area (Å²) in [7, 11) is 1.25. The molecule has 0 radical (unpaired) electrons. The first-order valence-electron chi connectivity index (χ1n) is 12.3. The summed E-state index contributed by atoms with van der Waals surface area (Å²) in [6, 6.07) is 11.2. The van der Waals surface area contributed by atoms with Crippen molar-refractivity contribution < 1.29 is 37.0 Å². The standard InChI is InChI=1S/C24H26F3N3O4.C3H5ClO/c1-4-16-13-22(32)30(14-15-6-9-18(10-7-15)28-21(31)5-2)29-23(16)17-8-11-19(33-3)20(12-17)34-24(25,26)27;1-2-3(4)5/h6-12,16H,4-5,13-14H2,1-3H3,(H,28,31);2H2,1H3. The van der Waals surface area contributed by atoms with E-state index in [-0.39, 0.29) is 41.7 Å². The molecule has 2 aromatic rings. The van der Waals surface area contributed by atoms with Gasteiger partial charge in [-0.25, -0.2) is 5.01 Å². The molecular weight excluding hydrogens is 539 g/mol. The van der Waals surface area contributed by atoms with Crippen molar-refractivity contribution in [3.8, 4) is 11.5 Å². The monoisotopic (exact) mass is 569 g/mol. The molecule has 1 N–H and O–H groups in total. The molecule has 39 heavy (non-hydrogen) atoms. The van der Waals surface area contributed by atoms with E-state index in [9.17, 15) is 27.6 Å². The van der Waals surface area contributed by atoms with Gasteiger partial charge in [0.1, 0.15) is 0 Å². The Morgan fingerprint density at radius 2 is 1.72 bits per heavy atom. The van der Waals surface area contributed by atoms with Crippen molar-refractivity contribution in [3.63, 3.8) is 0 Å². The molecule has 1 unspecified atom stereocenters. The molecule has 0 fully saturated rings. The number of benzene rings is 2. The average Bonchev–Trinajstić information content (AvgIpc) is 2.89. The number of carbonyl (C=O) groups is 3. The van der Waals surface area contributed by atoms with E-state index in [0.717, 1.165) is 5.56 Å². The highest BCUT2D eigenvalue weighted by Gasteiger charge is 2.34. The van der Waals surface area contributed by atoms with Crippen molar-refractivity contribution in [1.82, 2.24) is 5.01 Å². The third kappa shape index (κ3) is 9.90. The van der Waals surface area contributed by atoms with Crippen LogP contribution in [0, 0.1) is 5.92 Å². The van der Waals surface area contributed by atoms with Crippen molar-refractivity contribution in [1.29, 1.82) is 0 Å². The van der Waals surface area contributed by atoms with Crippen molar-refractivity contribution in [3.05, 3.63) is 53.6 Å². The molecular formula is C27H31ClF3N3O5. The molecule has 0 bridgehead atoms. The van der Waals surface area contributed by atoms with E-state index in [0.29, 0.717) is 36.2 Å². The molecule has 2 amide bonds. The van der Waals surface area contributed by atoms with E-state index in [1.807, 2.05) is 6.92 Å². The van der Waals surface area contributed by atoms with Gasteiger partial charge in [-0.1, -0.05) is 32.9 Å². The summed E-state index contributed by atoms with van der Waals surface area (Å²) in [4.78, 5) is 33.8. The maximum atomic E-state index is 12.9. The Bertz CT molecular complexity index is 1190. The Morgan fingerprint density at radius 3 is 2.23 bits per heavy atom. The van der Waals surface area contributed by atoms with Gasteiger partial charge in [0.25, 0.3) is 0 Å². The number of anilines is 1. The van der Waals surface area contributed by atoms with Crippen LogP contribution in [0.5, 0.6) is 11.5 Å². The average molecular weight is 570 g/mol. The molecule has 3 rings (SSSR count). The van der Waals surface area contributed by atoms with Crippen LogP contribution < -0.4 is 14.8 Å². The lowest BCUT2D eigenvalue weighted by molar-refractivity contribution is -0.275. The summed E-state index contributed by atoms with van der Waals surface area (Å²) in [5.74, 6) is -1.07. The predicted molar refractivity (Wildman–Crippen MR) is 142 cm³/mol. The van der Waals surface area contributed by atoms with Crippen LogP contribution in [-0.2, 0) is 20.9 Å². The summed E-state index contributed by atoms with van der Waals surface area (Å²) in [6.45, 7) is 5.55. The molecule has 12 heteroatoms. The lowest BCUT2D eigenvalue weighted by Crippen LogP contribution is -2.36. The highest BCUT2D eigenvalue weighted by Crippen LogP contribution is 2.35. The smallest absolute Gasteiger partial charge is 0.493 e. The molecule has 0 saturated heterocycles. The van der Waals surface area contributed by atoms with Crippen LogP contribution in [0.2, 0.25) is 0 Å². The number of alkyl halides is 3. The minimum Gasteiger partial charge on any atom is -0.493 e. The molecule has 0 saturated carbocycles. The second-order valence-electron chi connectivity index (χ2n) is 8.47. The van der Waals surface area contributed by atoms with Crippen molar-refractivity contribution in [2.75, 3.05) is 12.4 Å². The van der Waals surface area contributed by atoms with E-state index in [1.54, 1.807) is 44.2 Å². The zero-order chi connectivity index (χ0) is 29.2. The molecule has 8 nitrogen and oxygen atoms in total. The van der Waals surface area contributed by atoms with Crippen LogP contribution in [0.15, 0.2) is 47.6 Å². The van der Waals surface area contributed by atoms with Gasteiger partial charge < -0.3 is 14.8 Å². The number of hydrogen-bond donors (Lipinski definition) is 1. The first-order valence-corrected chi connectivity index (χ1v) is 12.7. The zero-order valence-corrected chi connectivity index (χ0v) is 22.9. The van der Waals surface area contributed by atoms with Gasteiger partial charge in [0.2, 0.25) is 17.1 Å². The van der Waals surface area contributed by atoms with Gasteiger partial charge in [-0.05, 0) is 53.9 Å². The number of rotatable bonds is 9. The third-order valence-corrected chi connectivity index (χ3v) is 5.94. The number of halogens is 4. The van der Waals surface area contributed by atoms with E-state index in [1.165, 1.54) is 24.3 Å². The first kappa shape index (κ1) is 31.6. The fraction of sp³-hybridized carbons (Fsp3) is 0.407. The van der Waals surface area contributed by atoms with Crippen LogP contribution in [0.4, 0.5) is 18.9 Å². The Morgan fingerprint density at radius 1 is 1.08 bits per heavy atom. The molecule has 0 aliphatic carbocycles. The Hall–Kier alpha value is -3.60. The molecule has 1 aliphatic rings. The number of hydrogen-bond acceptors (Lipinski definition) is 6. The molecule has 212 valence electrons. The number of ether oxygens (including phenoxy) is 2. The van der Waals surface area contributed by atoms with Crippen molar-refractivity contribution in [2.45, 2.75) is 59.4 Å². The fourth-order valence-electron chi connectivity index (χ4n) is 3.59. The van der Waals surface area contributed by atoms with Gasteiger partial charge in [0.15, 0.2) is 11.5 Å². The molecule has 0 aromatic heterocycles. The van der Waals surface area contributed by atoms with E-state index in [2.05, 4.69) is 15.2 Å². The number of methoxy groups -OCH3 is 1. The maximum Gasteiger partial charge on any atom is 0.573 e. The second-order valence-corrected chi connectivity index (χ2v) is 8.89. The third-order valence-electron chi connectivity index (χ3n) is 5.67. The minimum absolute atomic E-state index is 0.0614. The van der Waals surface area contributed by atoms with Crippen molar-refractivity contribution >= 4 is 40.1 Å². The first-order chi connectivity index (χ1) is 18.4. The summed E-state index contributed by atoms with van der Waals surface area (Å²) in [5, 5.41) is 8.31. The normalized spacial score (nSPS) is 15.1. The van der Waals surface area contributed by atoms with Crippen LogP contribution >= 0.6 is 11.6 Å². The van der Waals surface area contributed by atoms with Gasteiger partial charge in [0.05, 0.1) is 19.4 Å². The van der Waals surface area contributed by atoms with E-state index in [4.69, 9.17) is 16.3 Å². The number of nitrogens with one attached hydrogen (secondary N) is 1. The predicted octanol–water partition coefficient (Wildman–Crippen LogP) is 6.27. The maximum absolute atomic E-state index is 12.9. The number of carbonyl (C=O) groups excluding carboxylic acids is 3. The molecule has 2 aromatic carbocycles. The number of nitrogens with zero attached hydrogens (tertiary/aromatic N) is 2. The SMILES string of the molecule is CCC(=O)Cl.CCC(=O)Nc1ccc(CN2N=C(c3ccc(OC)c(OC(F)(F)F)c3)C(CC)CC2=O)cc1. The summed E-state index contributed by atoms with van der Waals surface area (Å²) in [6.07, 6.45) is -3.31. The van der Waals surface area contributed by atoms with Gasteiger partial charge in [-0.2, -0.15) is 5.10 Å². The van der Waals surface area contributed by atoms with Crippen molar-refractivity contribution in [2.24, 2.45) is 11.0 Å². The zero-order valence-electron chi connectivity index (χ0n) is 22.1. The van der Waals surface area contributed by atoms with Crippen LogP contribution in [0.3, 0.4) is 0 Å². The topological polar surface area (TPSA) is 97.3 Å². The Labute approximate surface area is 230 Å². The largest absolute Gasteiger partial charge is 0.573 e. The van der Waals surface area contributed by atoms with Gasteiger partial charge in [-0.15, -0.1) is 13.2 Å². The Kier molecular flexibility index (Phi) is 11.8. The van der Waals surface area contributed by atoms with Gasteiger partial charge in [-0.3, -0.25) is 14.4 Å². The lowest BCUT2D eigenvalue weighted by atomic mass is 9.89. The molecule has 1 heterocycles. The second kappa shape index (κ2) is 14.5. The summed E-state index contributed by atoms with van der Waals surface area (Å²) in [5.41, 5.74) is 2.36. The highest BCUT2D eigenvalue weighted by atomic mass is 35.5. The van der Waals surface area contributed by atoms with Crippen LogP contribution in [0.1, 0.15) is 57.6 Å². The van der Waals surface area contributed by atoms with Gasteiger partial charge in [0, 0.05) is 36.4 Å². The Balaban J connectivity index is 0.000000976. The number of hydrazone groups is 1.